The summed E-state index contributed by atoms with van der Waals surface area (Å²) in [5, 5.41) is 10.0. The Hall–Kier alpha value is -4.57. The molecule has 10 heteroatoms. The number of amides is 2. The van der Waals surface area contributed by atoms with Crippen LogP contribution in [0.2, 0.25) is 0 Å². The molecule has 0 saturated heterocycles. The van der Waals surface area contributed by atoms with Gasteiger partial charge in [-0.2, -0.15) is 0 Å². The SMILES string of the molecule is CCN(CC)CCCNc1nc(-c2ccc(NC(=O)Nc3cccc(OC)c3)cc2)nc2cc(OC)c(OC)cc12. The monoisotopic (exact) mass is 558 g/mol. The van der Waals surface area contributed by atoms with Crippen molar-refractivity contribution in [3.63, 3.8) is 0 Å². The Morgan fingerprint density at radius 3 is 2.22 bits per heavy atom. The zero-order valence-corrected chi connectivity index (χ0v) is 24.3. The van der Waals surface area contributed by atoms with E-state index < -0.39 is 0 Å². The van der Waals surface area contributed by atoms with Crippen LogP contribution in [0.4, 0.5) is 22.0 Å². The fourth-order valence-electron chi connectivity index (χ4n) is 4.47. The first-order chi connectivity index (χ1) is 20.0. The van der Waals surface area contributed by atoms with E-state index in [0.29, 0.717) is 34.4 Å². The summed E-state index contributed by atoms with van der Waals surface area (Å²) in [6.07, 6.45) is 0.980. The molecule has 3 N–H and O–H groups in total. The van der Waals surface area contributed by atoms with Crippen LogP contribution in [0.3, 0.4) is 0 Å². The number of ether oxygens (including phenoxy) is 3. The Balaban J connectivity index is 1.55. The number of fused-ring (bicyclic) bond motifs is 1. The molecule has 0 aliphatic rings. The van der Waals surface area contributed by atoms with Crippen LogP contribution in [0, 0.1) is 0 Å². The molecule has 10 nitrogen and oxygen atoms in total. The lowest BCUT2D eigenvalue weighted by Gasteiger charge is -2.18. The van der Waals surface area contributed by atoms with Gasteiger partial charge in [-0.25, -0.2) is 14.8 Å². The number of carbonyl (C=O) groups excluding carboxylic acids is 1. The second-order valence-electron chi connectivity index (χ2n) is 9.32. The summed E-state index contributed by atoms with van der Waals surface area (Å²) in [6.45, 7) is 8.18. The number of hydrogen-bond acceptors (Lipinski definition) is 8. The summed E-state index contributed by atoms with van der Waals surface area (Å²) < 4.78 is 16.3. The van der Waals surface area contributed by atoms with Crippen LogP contribution in [0.15, 0.2) is 60.7 Å². The largest absolute Gasteiger partial charge is 0.497 e. The third kappa shape index (κ3) is 7.55. The zero-order chi connectivity index (χ0) is 29.2. The van der Waals surface area contributed by atoms with E-state index in [1.165, 1.54) is 0 Å². The third-order valence-electron chi connectivity index (χ3n) is 6.77. The molecule has 2 amide bonds. The molecule has 4 aromatic rings. The van der Waals surface area contributed by atoms with Crippen molar-refractivity contribution >= 4 is 34.1 Å². The Morgan fingerprint density at radius 1 is 0.829 bits per heavy atom. The zero-order valence-electron chi connectivity index (χ0n) is 24.3. The molecule has 41 heavy (non-hydrogen) atoms. The summed E-state index contributed by atoms with van der Waals surface area (Å²) in [6, 6.07) is 18.0. The molecule has 216 valence electrons. The standard InChI is InChI=1S/C31H38N6O4/c1-6-37(7-2)17-9-16-32-30-25-19-27(40-4)28(41-5)20-26(25)35-29(36-30)21-12-14-22(15-13-21)33-31(38)34-23-10-8-11-24(18-23)39-3/h8,10-15,18-20H,6-7,9,16-17H2,1-5H3,(H,32,35,36)(H2,33,34,38). The van der Waals surface area contributed by atoms with E-state index in [9.17, 15) is 4.79 Å². The number of rotatable bonds is 13. The molecular weight excluding hydrogens is 520 g/mol. The van der Waals surface area contributed by atoms with Crippen LogP contribution in [-0.2, 0) is 0 Å². The highest BCUT2D eigenvalue weighted by Crippen LogP contribution is 2.35. The van der Waals surface area contributed by atoms with Crippen LogP contribution in [-0.4, -0.2) is 68.4 Å². The van der Waals surface area contributed by atoms with Gasteiger partial charge in [0, 0.05) is 41.0 Å². The quantitative estimate of drug-likeness (QED) is 0.169. The predicted octanol–water partition coefficient (Wildman–Crippen LogP) is 6.11. The average Bonchev–Trinajstić information content (AvgIpc) is 3.00. The normalized spacial score (nSPS) is 10.9. The lowest BCUT2D eigenvalue weighted by molar-refractivity contribution is 0.262. The van der Waals surface area contributed by atoms with Crippen LogP contribution in [0.5, 0.6) is 17.2 Å². The highest BCUT2D eigenvalue weighted by atomic mass is 16.5. The number of nitrogens with one attached hydrogen (secondary N) is 3. The van der Waals surface area contributed by atoms with Gasteiger partial charge in [-0.1, -0.05) is 19.9 Å². The molecule has 0 atom stereocenters. The third-order valence-corrected chi connectivity index (χ3v) is 6.77. The molecule has 1 heterocycles. The summed E-state index contributed by atoms with van der Waals surface area (Å²) in [7, 11) is 4.80. The molecule has 0 saturated carbocycles. The van der Waals surface area contributed by atoms with Gasteiger partial charge in [0.1, 0.15) is 11.6 Å². The Kier molecular flexibility index (Phi) is 10.2. The van der Waals surface area contributed by atoms with Crippen LogP contribution >= 0.6 is 0 Å². The van der Waals surface area contributed by atoms with Gasteiger partial charge in [0.15, 0.2) is 17.3 Å². The lowest BCUT2D eigenvalue weighted by atomic mass is 10.1. The van der Waals surface area contributed by atoms with E-state index in [0.717, 1.165) is 54.9 Å². The Labute approximate surface area is 241 Å². The minimum absolute atomic E-state index is 0.356. The van der Waals surface area contributed by atoms with Gasteiger partial charge in [0.05, 0.1) is 26.8 Å². The molecule has 0 radical (unpaired) electrons. The summed E-state index contributed by atoms with van der Waals surface area (Å²) in [5.74, 6) is 3.16. The highest BCUT2D eigenvalue weighted by molar-refractivity contribution is 6.00. The lowest BCUT2D eigenvalue weighted by Crippen LogP contribution is -2.25. The molecule has 4 rings (SSSR count). The van der Waals surface area contributed by atoms with E-state index in [2.05, 4.69) is 34.7 Å². The summed E-state index contributed by atoms with van der Waals surface area (Å²) >= 11 is 0. The number of methoxy groups -OCH3 is 3. The maximum absolute atomic E-state index is 12.5. The van der Waals surface area contributed by atoms with Gasteiger partial charge in [-0.3, -0.25) is 0 Å². The average molecular weight is 559 g/mol. The minimum atomic E-state index is -0.356. The predicted molar refractivity (Wildman–Crippen MR) is 165 cm³/mol. The van der Waals surface area contributed by atoms with Gasteiger partial charge >= 0.3 is 6.03 Å². The van der Waals surface area contributed by atoms with Crippen molar-refractivity contribution in [1.82, 2.24) is 14.9 Å². The smallest absolute Gasteiger partial charge is 0.323 e. The van der Waals surface area contributed by atoms with Crippen LogP contribution in [0.1, 0.15) is 20.3 Å². The fraction of sp³-hybridized carbons (Fsp3) is 0.323. The van der Waals surface area contributed by atoms with E-state index in [1.54, 1.807) is 33.5 Å². The number of nitrogens with zero attached hydrogens (tertiary/aromatic N) is 3. The molecule has 3 aromatic carbocycles. The van der Waals surface area contributed by atoms with Gasteiger partial charge in [-0.15, -0.1) is 0 Å². The summed E-state index contributed by atoms with van der Waals surface area (Å²) in [5.41, 5.74) is 2.81. The van der Waals surface area contributed by atoms with Crippen molar-refractivity contribution in [2.75, 3.05) is 63.5 Å². The molecule has 0 unspecified atom stereocenters. The van der Waals surface area contributed by atoms with E-state index >= 15 is 0 Å². The molecular formula is C31H38N6O4. The molecule has 0 aliphatic carbocycles. The number of urea groups is 1. The fourth-order valence-corrected chi connectivity index (χ4v) is 4.47. The highest BCUT2D eigenvalue weighted by Gasteiger charge is 2.15. The van der Waals surface area contributed by atoms with Crippen molar-refractivity contribution in [2.45, 2.75) is 20.3 Å². The van der Waals surface area contributed by atoms with Crippen molar-refractivity contribution < 1.29 is 19.0 Å². The molecule has 0 bridgehead atoms. The van der Waals surface area contributed by atoms with Crippen molar-refractivity contribution in [1.29, 1.82) is 0 Å². The second kappa shape index (κ2) is 14.2. The molecule has 0 spiro atoms. The van der Waals surface area contributed by atoms with Gasteiger partial charge in [0.2, 0.25) is 0 Å². The van der Waals surface area contributed by atoms with Crippen molar-refractivity contribution in [2.24, 2.45) is 0 Å². The van der Waals surface area contributed by atoms with Crippen LogP contribution < -0.4 is 30.2 Å². The topological polar surface area (TPSA) is 110 Å². The van der Waals surface area contributed by atoms with Gasteiger partial charge < -0.3 is 35.1 Å². The molecule has 0 fully saturated rings. The Bertz CT molecular complexity index is 1460. The van der Waals surface area contributed by atoms with Crippen LogP contribution in [0.25, 0.3) is 22.3 Å². The number of aromatic nitrogens is 2. The minimum Gasteiger partial charge on any atom is -0.497 e. The van der Waals surface area contributed by atoms with Gasteiger partial charge in [-0.05, 0) is 68.5 Å². The number of hydrogen-bond donors (Lipinski definition) is 3. The first-order valence-corrected chi connectivity index (χ1v) is 13.7. The summed E-state index contributed by atoms with van der Waals surface area (Å²) in [4.78, 5) is 24.6. The Morgan fingerprint density at radius 2 is 1.54 bits per heavy atom. The maximum atomic E-state index is 12.5. The number of carbonyl (C=O) groups is 1. The maximum Gasteiger partial charge on any atom is 0.323 e. The molecule has 1 aromatic heterocycles. The first kappa shape index (κ1) is 29.4. The van der Waals surface area contributed by atoms with E-state index in [-0.39, 0.29) is 6.03 Å². The van der Waals surface area contributed by atoms with E-state index in [1.807, 2.05) is 48.5 Å². The molecule has 0 aliphatic heterocycles. The number of benzene rings is 3. The number of anilines is 3. The second-order valence-corrected chi connectivity index (χ2v) is 9.32. The van der Waals surface area contributed by atoms with Crippen molar-refractivity contribution in [3.8, 4) is 28.6 Å². The van der Waals surface area contributed by atoms with E-state index in [4.69, 9.17) is 24.2 Å². The van der Waals surface area contributed by atoms with Gasteiger partial charge in [0.25, 0.3) is 0 Å². The first-order valence-electron chi connectivity index (χ1n) is 13.7. The van der Waals surface area contributed by atoms with Crippen molar-refractivity contribution in [3.05, 3.63) is 60.7 Å².